The summed E-state index contributed by atoms with van der Waals surface area (Å²) < 4.78 is 16.2. The zero-order valence-corrected chi connectivity index (χ0v) is 20.4. The first kappa shape index (κ1) is 22.7. The van der Waals surface area contributed by atoms with Crippen molar-refractivity contribution in [2.24, 2.45) is 0 Å². The summed E-state index contributed by atoms with van der Waals surface area (Å²) in [7, 11) is 0. The van der Waals surface area contributed by atoms with Gasteiger partial charge in [0.15, 0.2) is 11.5 Å². The number of nitrogens with zero attached hydrogens (tertiary/aromatic N) is 7. The number of nitriles is 1. The quantitative estimate of drug-likeness (QED) is 0.373. The number of anilines is 2. The highest BCUT2D eigenvalue weighted by Crippen LogP contribution is 2.54. The lowest BCUT2D eigenvalue weighted by molar-refractivity contribution is -0.126. The van der Waals surface area contributed by atoms with Crippen molar-refractivity contribution in [3.05, 3.63) is 88.9 Å². The van der Waals surface area contributed by atoms with Crippen molar-refractivity contribution >= 4 is 34.5 Å². The Hall–Kier alpha value is -5.44. The van der Waals surface area contributed by atoms with Crippen molar-refractivity contribution in [3.8, 4) is 11.9 Å². The van der Waals surface area contributed by atoms with Gasteiger partial charge in [-0.25, -0.2) is 19.3 Å². The predicted octanol–water partition coefficient (Wildman–Crippen LogP) is 3.03. The molecule has 1 spiro atoms. The topological polar surface area (TPSA) is 145 Å². The standard InChI is InChI=1S/C27H18FN9O2/c1-14-21-24(37(35-14)25-22-23(31-12-30-22)32-13-33-25)34-20(38)9-27(21)18-8-17(28)6-7-19(18)36(26(27)39)11-16-4-2-15(10-29)3-5-16/h2-8,12-13H,9,11H2,1H3,(H,34,38)(H,30,31,32,33)/t27-/m1/s1. The van der Waals surface area contributed by atoms with E-state index in [4.69, 9.17) is 5.26 Å². The van der Waals surface area contributed by atoms with E-state index in [0.717, 1.165) is 5.56 Å². The summed E-state index contributed by atoms with van der Waals surface area (Å²) in [5.41, 5.74) is 2.58. The van der Waals surface area contributed by atoms with Crippen LogP contribution in [0.4, 0.5) is 15.9 Å². The summed E-state index contributed by atoms with van der Waals surface area (Å²) in [6.45, 7) is 1.92. The van der Waals surface area contributed by atoms with Crippen molar-refractivity contribution in [1.82, 2.24) is 29.7 Å². The third-order valence-corrected chi connectivity index (χ3v) is 7.32. The van der Waals surface area contributed by atoms with Crippen molar-refractivity contribution in [2.75, 3.05) is 10.2 Å². The third-order valence-electron chi connectivity index (χ3n) is 7.32. The number of benzene rings is 2. The van der Waals surface area contributed by atoms with Crippen LogP contribution in [0.15, 0.2) is 55.1 Å². The molecule has 190 valence electrons. The smallest absolute Gasteiger partial charge is 0.243 e. The second-order valence-electron chi connectivity index (χ2n) is 9.51. The highest BCUT2D eigenvalue weighted by atomic mass is 19.1. The fourth-order valence-electron chi connectivity index (χ4n) is 5.70. The highest BCUT2D eigenvalue weighted by Gasteiger charge is 2.58. The van der Waals surface area contributed by atoms with Crippen LogP contribution in [0.5, 0.6) is 0 Å². The van der Waals surface area contributed by atoms with E-state index in [-0.39, 0.29) is 24.7 Å². The lowest BCUT2D eigenvalue weighted by Gasteiger charge is -2.33. The van der Waals surface area contributed by atoms with Gasteiger partial charge in [-0.3, -0.25) is 9.59 Å². The Kier molecular flexibility index (Phi) is 4.68. The van der Waals surface area contributed by atoms with E-state index in [0.29, 0.717) is 45.1 Å². The van der Waals surface area contributed by atoms with Gasteiger partial charge in [-0.1, -0.05) is 12.1 Å². The lowest BCUT2D eigenvalue weighted by Crippen LogP contribution is -2.46. The minimum atomic E-state index is -1.50. The Morgan fingerprint density at radius 1 is 1.13 bits per heavy atom. The third kappa shape index (κ3) is 3.13. The summed E-state index contributed by atoms with van der Waals surface area (Å²) in [5, 5.41) is 16.7. The van der Waals surface area contributed by atoms with E-state index in [9.17, 15) is 14.0 Å². The molecule has 0 fully saturated rings. The zero-order valence-electron chi connectivity index (χ0n) is 20.4. The molecule has 3 aromatic heterocycles. The minimum Gasteiger partial charge on any atom is -0.340 e. The molecule has 7 rings (SSSR count). The maximum absolute atomic E-state index is 14.7. The molecule has 0 unspecified atom stereocenters. The molecule has 5 heterocycles. The molecule has 0 bridgehead atoms. The number of amides is 2. The van der Waals surface area contributed by atoms with Crippen LogP contribution in [0, 0.1) is 24.1 Å². The summed E-state index contributed by atoms with van der Waals surface area (Å²) in [5.74, 6) is -0.669. The molecule has 0 saturated carbocycles. The Balaban J connectivity index is 1.44. The summed E-state index contributed by atoms with van der Waals surface area (Å²) >= 11 is 0. The Labute approximate surface area is 219 Å². The van der Waals surface area contributed by atoms with Gasteiger partial charge in [0, 0.05) is 17.7 Å². The van der Waals surface area contributed by atoms with Crippen molar-refractivity contribution in [1.29, 1.82) is 5.26 Å². The first-order chi connectivity index (χ1) is 18.9. The maximum Gasteiger partial charge on any atom is 0.243 e. The van der Waals surface area contributed by atoms with E-state index in [1.54, 1.807) is 42.2 Å². The molecule has 12 heteroatoms. The maximum atomic E-state index is 14.7. The number of carbonyl (C=O) groups excluding carboxylic acids is 2. The van der Waals surface area contributed by atoms with E-state index in [1.165, 1.54) is 29.5 Å². The van der Waals surface area contributed by atoms with Gasteiger partial charge in [-0.2, -0.15) is 15.0 Å². The first-order valence-electron chi connectivity index (χ1n) is 12.1. The number of aromatic amines is 1. The van der Waals surface area contributed by atoms with Crippen LogP contribution in [-0.4, -0.2) is 41.5 Å². The number of H-pyrrole nitrogens is 1. The number of aromatic nitrogens is 6. The Morgan fingerprint density at radius 3 is 2.74 bits per heavy atom. The summed E-state index contributed by atoms with van der Waals surface area (Å²) in [6, 6.07) is 13.2. The second kappa shape index (κ2) is 8.03. The number of imidazole rings is 1. The largest absolute Gasteiger partial charge is 0.340 e. The van der Waals surface area contributed by atoms with Crippen LogP contribution in [0.2, 0.25) is 0 Å². The molecule has 11 nitrogen and oxygen atoms in total. The first-order valence-corrected chi connectivity index (χ1v) is 12.1. The van der Waals surface area contributed by atoms with Gasteiger partial charge in [-0.15, -0.1) is 0 Å². The van der Waals surface area contributed by atoms with Crippen LogP contribution >= 0.6 is 0 Å². The fourth-order valence-corrected chi connectivity index (χ4v) is 5.70. The van der Waals surface area contributed by atoms with Gasteiger partial charge in [0.1, 0.15) is 28.9 Å². The molecule has 39 heavy (non-hydrogen) atoms. The van der Waals surface area contributed by atoms with Crippen LogP contribution in [0.25, 0.3) is 17.0 Å². The lowest BCUT2D eigenvalue weighted by atomic mass is 9.70. The molecule has 1 atom stereocenters. The van der Waals surface area contributed by atoms with Crippen molar-refractivity contribution in [2.45, 2.75) is 25.3 Å². The average Bonchev–Trinajstić information content (AvgIpc) is 3.60. The molecule has 2 aliphatic rings. The number of hydrogen-bond acceptors (Lipinski definition) is 7. The molecular formula is C27H18FN9O2. The second-order valence-corrected chi connectivity index (χ2v) is 9.51. The number of aryl methyl sites for hydroxylation is 1. The molecule has 0 radical (unpaired) electrons. The van der Waals surface area contributed by atoms with E-state index in [2.05, 4.69) is 36.4 Å². The normalized spacial score (nSPS) is 17.8. The van der Waals surface area contributed by atoms with Crippen LogP contribution in [-0.2, 0) is 21.5 Å². The summed E-state index contributed by atoms with van der Waals surface area (Å²) in [4.78, 5) is 44.9. The minimum absolute atomic E-state index is 0.176. The van der Waals surface area contributed by atoms with Crippen LogP contribution in [0.3, 0.4) is 0 Å². The van der Waals surface area contributed by atoms with E-state index in [1.807, 2.05) is 0 Å². The molecule has 0 aliphatic carbocycles. The molecule has 2 aromatic carbocycles. The molecule has 2 N–H and O–H groups in total. The average molecular weight is 520 g/mol. The van der Waals surface area contributed by atoms with Gasteiger partial charge in [0.2, 0.25) is 11.8 Å². The van der Waals surface area contributed by atoms with Gasteiger partial charge >= 0.3 is 0 Å². The van der Waals surface area contributed by atoms with Crippen LogP contribution in [0.1, 0.15) is 34.4 Å². The molecule has 5 aromatic rings. The monoisotopic (exact) mass is 519 g/mol. The Morgan fingerprint density at radius 2 is 1.95 bits per heavy atom. The molecule has 2 aliphatic heterocycles. The number of halogens is 1. The SMILES string of the molecule is Cc1nn(-c2ncnc3nc[nH]c23)c2c1[C@]1(CC(=O)N2)C(=O)N(Cc2ccc(C#N)cc2)c2ccc(F)cc21. The number of hydrogen-bond donors (Lipinski definition) is 2. The fraction of sp³-hybridized carbons (Fsp3) is 0.148. The Bertz CT molecular complexity index is 1890. The predicted molar refractivity (Wildman–Crippen MR) is 136 cm³/mol. The molecule has 2 amide bonds. The van der Waals surface area contributed by atoms with E-state index < -0.39 is 17.1 Å². The van der Waals surface area contributed by atoms with E-state index >= 15 is 0 Å². The number of fused-ring (bicyclic) bond motifs is 5. The van der Waals surface area contributed by atoms with Gasteiger partial charge in [-0.05, 0) is 48.4 Å². The molecule has 0 saturated heterocycles. The number of rotatable bonds is 3. The molecular weight excluding hydrogens is 501 g/mol. The van der Waals surface area contributed by atoms with Gasteiger partial charge < -0.3 is 15.2 Å². The van der Waals surface area contributed by atoms with Gasteiger partial charge in [0.05, 0.1) is 30.2 Å². The van der Waals surface area contributed by atoms with Crippen LogP contribution < -0.4 is 10.2 Å². The highest BCUT2D eigenvalue weighted by molar-refractivity contribution is 6.16. The number of nitrogens with one attached hydrogen (secondary N) is 2. The zero-order chi connectivity index (χ0) is 26.9. The van der Waals surface area contributed by atoms with Crippen molar-refractivity contribution in [3.63, 3.8) is 0 Å². The van der Waals surface area contributed by atoms with Crippen molar-refractivity contribution < 1.29 is 14.0 Å². The van der Waals surface area contributed by atoms with Gasteiger partial charge in [0.25, 0.3) is 0 Å². The number of carbonyl (C=O) groups is 2. The summed E-state index contributed by atoms with van der Waals surface area (Å²) in [6.07, 6.45) is 2.61.